The number of nitrogens with zero attached hydrogens (tertiary/aromatic N) is 1. The van der Waals surface area contributed by atoms with Crippen LogP contribution < -0.4 is 0 Å². The molecule has 0 spiro atoms. The first kappa shape index (κ1) is 18.8. The van der Waals surface area contributed by atoms with E-state index >= 15 is 0 Å². The molecule has 29 heavy (non-hydrogen) atoms. The van der Waals surface area contributed by atoms with Crippen molar-refractivity contribution in [2.24, 2.45) is 0 Å². The maximum Gasteiger partial charge on any atom is 0.373 e. The van der Waals surface area contributed by atoms with Crippen LogP contribution in [0.1, 0.15) is 22.1 Å². The quantitative estimate of drug-likeness (QED) is 0.451. The fourth-order valence-corrected chi connectivity index (χ4v) is 3.60. The Morgan fingerprint density at radius 2 is 1.86 bits per heavy atom. The van der Waals surface area contributed by atoms with Gasteiger partial charge in [-0.1, -0.05) is 30.3 Å². The monoisotopic (exact) mass is 409 g/mol. The van der Waals surface area contributed by atoms with E-state index in [9.17, 15) is 14.4 Å². The van der Waals surface area contributed by atoms with Gasteiger partial charge in [-0.25, -0.2) is 4.79 Å². The summed E-state index contributed by atoms with van der Waals surface area (Å²) in [5, 5.41) is -0.424. The Bertz CT molecular complexity index is 1110. The minimum absolute atomic E-state index is 0.00837. The highest BCUT2D eigenvalue weighted by Gasteiger charge is 2.36. The minimum atomic E-state index is -0.627. The molecular formula is C21H15NO6S. The molecule has 0 unspecified atom stereocenters. The maximum atomic E-state index is 12.6. The molecule has 8 heteroatoms. The Hall–Kier alpha value is -3.52. The van der Waals surface area contributed by atoms with E-state index in [1.54, 1.807) is 12.1 Å². The molecule has 0 bridgehead atoms. The lowest BCUT2D eigenvalue weighted by Crippen LogP contribution is -2.27. The summed E-state index contributed by atoms with van der Waals surface area (Å²) in [6.07, 6.45) is 1.54. The molecule has 1 aliphatic heterocycles. The predicted molar refractivity (Wildman–Crippen MR) is 106 cm³/mol. The summed E-state index contributed by atoms with van der Waals surface area (Å²) in [5.41, 5.74) is 0.916. The van der Waals surface area contributed by atoms with Crippen molar-refractivity contribution in [2.75, 3.05) is 7.11 Å². The van der Waals surface area contributed by atoms with Crippen molar-refractivity contribution in [1.82, 2.24) is 4.90 Å². The Morgan fingerprint density at radius 1 is 1.07 bits per heavy atom. The highest BCUT2D eigenvalue weighted by Crippen LogP contribution is 2.34. The van der Waals surface area contributed by atoms with Crippen molar-refractivity contribution >= 4 is 35.0 Å². The number of amides is 2. The Balaban J connectivity index is 1.50. The van der Waals surface area contributed by atoms with Gasteiger partial charge in [0.1, 0.15) is 17.3 Å². The molecular weight excluding hydrogens is 394 g/mol. The van der Waals surface area contributed by atoms with E-state index in [1.165, 1.54) is 19.2 Å². The third-order valence-corrected chi connectivity index (χ3v) is 5.10. The van der Waals surface area contributed by atoms with Gasteiger partial charge in [0.05, 0.1) is 18.6 Å². The average molecular weight is 409 g/mol. The number of methoxy groups -OCH3 is 1. The molecule has 0 saturated carbocycles. The number of esters is 1. The van der Waals surface area contributed by atoms with Crippen molar-refractivity contribution in [1.29, 1.82) is 0 Å². The second kappa shape index (κ2) is 7.84. The average Bonchev–Trinajstić information content (AvgIpc) is 3.45. The fourth-order valence-electron chi connectivity index (χ4n) is 2.78. The van der Waals surface area contributed by atoms with Crippen LogP contribution in [-0.2, 0) is 16.1 Å². The van der Waals surface area contributed by atoms with Gasteiger partial charge in [0.2, 0.25) is 5.76 Å². The predicted octanol–water partition coefficient (Wildman–Crippen LogP) is 4.56. The second-order valence-corrected chi connectivity index (χ2v) is 7.09. The third-order valence-electron chi connectivity index (χ3n) is 4.19. The molecule has 0 N–H and O–H groups in total. The van der Waals surface area contributed by atoms with Gasteiger partial charge in [-0.15, -0.1) is 0 Å². The first-order valence-corrected chi connectivity index (χ1v) is 9.44. The number of carbonyl (C=O) groups is 3. The van der Waals surface area contributed by atoms with Crippen molar-refractivity contribution in [3.63, 3.8) is 0 Å². The van der Waals surface area contributed by atoms with Gasteiger partial charge < -0.3 is 13.6 Å². The highest BCUT2D eigenvalue weighted by atomic mass is 32.2. The van der Waals surface area contributed by atoms with Gasteiger partial charge in [-0.05, 0) is 36.0 Å². The summed E-state index contributed by atoms with van der Waals surface area (Å²) in [7, 11) is 1.24. The van der Waals surface area contributed by atoms with Crippen LogP contribution in [0.4, 0.5) is 4.79 Å². The number of hydrogen-bond donors (Lipinski definition) is 0. The van der Waals surface area contributed by atoms with Crippen LogP contribution in [-0.4, -0.2) is 29.1 Å². The van der Waals surface area contributed by atoms with E-state index in [-0.39, 0.29) is 17.2 Å². The largest absolute Gasteiger partial charge is 0.463 e. The zero-order chi connectivity index (χ0) is 20.4. The first-order chi connectivity index (χ1) is 14.0. The van der Waals surface area contributed by atoms with Crippen molar-refractivity contribution in [2.45, 2.75) is 6.54 Å². The van der Waals surface area contributed by atoms with Crippen LogP contribution >= 0.6 is 11.8 Å². The molecule has 7 nitrogen and oxygen atoms in total. The second-order valence-electron chi connectivity index (χ2n) is 6.09. The molecule has 3 aromatic rings. The minimum Gasteiger partial charge on any atom is -0.463 e. The molecule has 0 atom stereocenters. The summed E-state index contributed by atoms with van der Waals surface area (Å²) >= 11 is 0.824. The molecule has 1 aliphatic rings. The third kappa shape index (κ3) is 3.88. The molecule has 0 aliphatic carbocycles. The molecule has 0 radical (unpaired) electrons. The molecule has 2 aromatic heterocycles. The summed E-state index contributed by atoms with van der Waals surface area (Å²) in [4.78, 5) is 37.7. The smallest absolute Gasteiger partial charge is 0.373 e. The van der Waals surface area contributed by atoms with Gasteiger partial charge in [-0.2, -0.15) is 0 Å². The van der Waals surface area contributed by atoms with Gasteiger partial charge in [-0.3, -0.25) is 14.5 Å². The lowest BCUT2D eigenvalue weighted by Gasteiger charge is -2.09. The molecule has 1 saturated heterocycles. The number of carbonyl (C=O) groups excluding carboxylic acids is 3. The first-order valence-electron chi connectivity index (χ1n) is 8.63. The van der Waals surface area contributed by atoms with Gasteiger partial charge in [0.15, 0.2) is 0 Å². The van der Waals surface area contributed by atoms with Crippen molar-refractivity contribution in [3.8, 4) is 11.3 Å². The molecule has 2 amide bonds. The number of imide groups is 1. The van der Waals surface area contributed by atoms with Crippen LogP contribution in [0.15, 0.2) is 68.3 Å². The van der Waals surface area contributed by atoms with Gasteiger partial charge >= 0.3 is 5.97 Å². The number of ether oxygens (including phenoxy) is 1. The van der Waals surface area contributed by atoms with E-state index < -0.39 is 17.1 Å². The van der Waals surface area contributed by atoms with Gasteiger partial charge in [0, 0.05) is 11.6 Å². The van der Waals surface area contributed by atoms with Crippen LogP contribution in [0, 0.1) is 0 Å². The SMILES string of the molecule is COC(=O)c1ccc(CN2C(=O)SC(=Cc3ccc(-c4ccccc4)o3)C2=O)o1. The fraction of sp³-hybridized carbons (Fsp3) is 0.0952. The number of furan rings is 2. The zero-order valence-corrected chi connectivity index (χ0v) is 16.1. The van der Waals surface area contributed by atoms with E-state index in [0.29, 0.717) is 17.3 Å². The van der Waals surface area contributed by atoms with E-state index in [1.807, 2.05) is 36.4 Å². The highest BCUT2D eigenvalue weighted by molar-refractivity contribution is 8.18. The summed E-state index contributed by atoms with van der Waals surface area (Å²) in [6, 6.07) is 16.1. The Morgan fingerprint density at radius 3 is 2.62 bits per heavy atom. The summed E-state index contributed by atoms with van der Waals surface area (Å²) < 4.78 is 15.7. The summed E-state index contributed by atoms with van der Waals surface area (Å²) in [6.45, 7) is -0.0770. The van der Waals surface area contributed by atoms with Gasteiger partial charge in [0.25, 0.3) is 11.1 Å². The molecule has 4 rings (SSSR count). The molecule has 146 valence electrons. The number of hydrogen-bond acceptors (Lipinski definition) is 7. The zero-order valence-electron chi connectivity index (χ0n) is 15.3. The molecule has 1 aromatic carbocycles. The number of rotatable bonds is 5. The summed E-state index contributed by atoms with van der Waals surface area (Å²) in [5.74, 6) is 0.376. The lowest BCUT2D eigenvalue weighted by molar-refractivity contribution is -0.123. The van der Waals surface area contributed by atoms with E-state index in [0.717, 1.165) is 22.2 Å². The Labute approximate surface area is 169 Å². The molecule has 3 heterocycles. The number of benzene rings is 1. The standard InChI is InChI=1S/C21H15NO6S/c1-26-20(24)17-10-8-15(28-17)12-22-19(23)18(29-21(22)25)11-14-7-9-16(27-14)13-5-3-2-4-6-13/h2-11H,12H2,1H3. The van der Waals surface area contributed by atoms with Crippen LogP contribution in [0.5, 0.6) is 0 Å². The van der Waals surface area contributed by atoms with Crippen LogP contribution in [0.25, 0.3) is 17.4 Å². The topological polar surface area (TPSA) is 90.0 Å². The van der Waals surface area contributed by atoms with Crippen LogP contribution in [0.3, 0.4) is 0 Å². The maximum absolute atomic E-state index is 12.6. The van der Waals surface area contributed by atoms with Crippen LogP contribution in [0.2, 0.25) is 0 Å². The van der Waals surface area contributed by atoms with Crippen molar-refractivity contribution < 1.29 is 28.0 Å². The van der Waals surface area contributed by atoms with Crippen molar-refractivity contribution in [3.05, 3.63) is 76.8 Å². The number of thioether (sulfide) groups is 1. The lowest BCUT2D eigenvalue weighted by atomic mass is 10.2. The van der Waals surface area contributed by atoms with E-state index in [4.69, 9.17) is 8.83 Å². The Kier molecular flexibility index (Phi) is 5.09. The molecule has 1 fully saturated rings. The van der Waals surface area contributed by atoms with E-state index in [2.05, 4.69) is 4.74 Å². The normalized spacial score (nSPS) is 15.3.